The van der Waals surface area contributed by atoms with E-state index in [-0.39, 0.29) is 17.9 Å². The molecular formula is C15H21N3O3. The lowest BCUT2D eigenvalue weighted by atomic mass is 10.1. The minimum absolute atomic E-state index is 0.0747. The number of aryl methyl sites for hydroxylation is 1. The molecule has 0 spiro atoms. The number of amides is 2. The molecule has 6 heteroatoms. The third-order valence-electron chi connectivity index (χ3n) is 4.18. The van der Waals surface area contributed by atoms with E-state index in [1.54, 1.807) is 17.0 Å². The maximum absolute atomic E-state index is 12.6. The van der Waals surface area contributed by atoms with E-state index in [1.807, 2.05) is 11.8 Å². The number of hydrogen-bond acceptors (Lipinski definition) is 4. The zero-order valence-corrected chi connectivity index (χ0v) is 12.3. The number of furan rings is 1. The van der Waals surface area contributed by atoms with Crippen molar-refractivity contribution in [2.45, 2.75) is 25.8 Å². The van der Waals surface area contributed by atoms with E-state index in [4.69, 9.17) is 4.42 Å². The van der Waals surface area contributed by atoms with Crippen LogP contribution in [-0.2, 0) is 4.79 Å². The fraction of sp³-hybridized carbons (Fsp3) is 0.600. The highest BCUT2D eigenvalue weighted by Crippen LogP contribution is 2.23. The van der Waals surface area contributed by atoms with Crippen LogP contribution in [0.5, 0.6) is 0 Å². The Morgan fingerprint density at radius 2 is 2.00 bits per heavy atom. The summed E-state index contributed by atoms with van der Waals surface area (Å²) >= 11 is 0. The Morgan fingerprint density at radius 3 is 2.67 bits per heavy atom. The number of likely N-dealkylation sites (tertiary alicyclic amines) is 1. The predicted molar refractivity (Wildman–Crippen MR) is 77.0 cm³/mol. The minimum Gasteiger partial charge on any atom is -0.456 e. The molecule has 6 nitrogen and oxygen atoms in total. The maximum atomic E-state index is 12.6. The summed E-state index contributed by atoms with van der Waals surface area (Å²) < 4.78 is 5.41. The quantitative estimate of drug-likeness (QED) is 0.868. The van der Waals surface area contributed by atoms with E-state index in [1.165, 1.54) is 0 Å². The lowest BCUT2D eigenvalue weighted by Gasteiger charge is -2.32. The van der Waals surface area contributed by atoms with E-state index in [0.717, 1.165) is 39.0 Å². The van der Waals surface area contributed by atoms with Crippen molar-refractivity contribution in [3.05, 3.63) is 23.7 Å². The van der Waals surface area contributed by atoms with Crippen LogP contribution in [0.3, 0.4) is 0 Å². The summed E-state index contributed by atoms with van der Waals surface area (Å²) in [4.78, 5) is 28.7. The standard InChI is InChI=1S/C15H21N3O3/c1-11-4-5-13(21-11)15(20)18-8-2-3-12(18)14(19)17-9-6-16-7-10-17/h4-5,12,16H,2-3,6-10H2,1H3. The molecule has 1 aromatic heterocycles. The molecule has 0 aliphatic carbocycles. The van der Waals surface area contributed by atoms with Crippen LogP contribution in [0.2, 0.25) is 0 Å². The molecule has 21 heavy (non-hydrogen) atoms. The Morgan fingerprint density at radius 1 is 1.24 bits per heavy atom. The van der Waals surface area contributed by atoms with Crippen molar-refractivity contribution in [3.8, 4) is 0 Å². The minimum atomic E-state index is -0.332. The highest BCUT2D eigenvalue weighted by Gasteiger charge is 2.37. The lowest BCUT2D eigenvalue weighted by molar-refractivity contribution is -0.135. The Bertz CT molecular complexity index is 534. The number of rotatable bonds is 2. The van der Waals surface area contributed by atoms with Gasteiger partial charge >= 0.3 is 0 Å². The molecule has 114 valence electrons. The van der Waals surface area contributed by atoms with Crippen molar-refractivity contribution in [1.29, 1.82) is 0 Å². The van der Waals surface area contributed by atoms with Gasteiger partial charge in [0.15, 0.2) is 5.76 Å². The van der Waals surface area contributed by atoms with Crippen molar-refractivity contribution in [3.63, 3.8) is 0 Å². The first-order valence-electron chi connectivity index (χ1n) is 7.54. The van der Waals surface area contributed by atoms with Gasteiger partial charge in [-0.2, -0.15) is 0 Å². The highest BCUT2D eigenvalue weighted by molar-refractivity contribution is 5.96. The van der Waals surface area contributed by atoms with Crippen LogP contribution in [0.1, 0.15) is 29.2 Å². The first-order chi connectivity index (χ1) is 10.2. The number of hydrogen-bond donors (Lipinski definition) is 1. The third-order valence-corrected chi connectivity index (χ3v) is 4.18. The molecular weight excluding hydrogens is 270 g/mol. The van der Waals surface area contributed by atoms with Crippen LogP contribution in [0, 0.1) is 6.92 Å². The number of carbonyl (C=O) groups excluding carboxylic acids is 2. The third kappa shape index (κ3) is 2.81. The summed E-state index contributed by atoms with van der Waals surface area (Å²) in [6.07, 6.45) is 1.61. The molecule has 0 saturated carbocycles. The Balaban J connectivity index is 1.72. The lowest BCUT2D eigenvalue weighted by Crippen LogP contribution is -2.53. The molecule has 1 N–H and O–H groups in total. The zero-order chi connectivity index (χ0) is 14.8. The molecule has 1 atom stereocenters. The summed E-state index contributed by atoms with van der Waals surface area (Å²) in [7, 11) is 0. The maximum Gasteiger partial charge on any atom is 0.290 e. The molecule has 0 radical (unpaired) electrons. The van der Waals surface area contributed by atoms with Gasteiger partial charge in [0.2, 0.25) is 5.91 Å². The second-order valence-corrected chi connectivity index (χ2v) is 5.64. The monoisotopic (exact) mass is 291 g/mol. The predicted octanol–water partition coefficient (Wildman–Crippen LogP) is 0.624. The van der Waals surface area contributed by atoms with Gasteiger partial charge in [0.1, 0.15) is 11.8 Å². The topological polar surface area (TPSA) is 65.8 Å². The van der Waals surface area contributed by atoms with Gasteiger partial charge in [-0.3, -0.25) is 9.59 Å². The average molecular weight is 291 g/mol. The van der Waals surface area contributed by atoms with Crippen LogP contribution in [0.4, 0.5) is 0 Å². The molecule has 2 fully saturated rings. The van der Waals surface area contributed by atoms with E-state index < -0.39 is 0 Å². The van der Waals surface area contributed by atoms with Crippen molar-refractivity contribution in [1.82, 2.24) is 15.1 Å². The highest BCUT2D eigenvalue weighted by atomic mass is 16.3. The smallest absolute Gasteiger partial charge is 0.290 e. The van der Waals surface area contributed by atoms with Crippen LogP contribution in [0.15, 0.2) is 16.5 Å². The fourth-order valence-electron chi connectivity index (χ4n) is 3.05. The molecule has 2 aliphatic heterocycles. The van der Waals surface area contributed by atoms with E-state index in [2.05, 4.69) is 5.32 Å². The Kier molecular flexibility index (Phi) is 3.96. The van der Waals surface area contributed by atoms with Crippen molar-refractivity contribution < 1.29 is 14.0 Å². The van der Waals surface area contributed by atoms with Crippen molar-refractivity contribution in [2.75, 3.05) is 32.7 Å². The zero-order valence-electron chi connectivity index (χ0n) is 12.3. The van der Waals surface area contributed by atoms with E-state index in [9.17, 15) is 9.59 Å². The summed E-state index contributed by atoms with van der Waals surface area (Å²) in [5.41, 5.74) is 0. The molecule has 2 saturated heterocycles. The number of carbonyl (C=O) groups is 2. The number of nitrogens with zero attached hydrogens (tertiary/aromatic N) is 2. The second kappa shape index (κ2) is 5.89. The van der Waals surface area contributed by atoms with Gasteiger partial charge in [-0.15, -0.1) is 0 Å². The van der Waals surface area contributed by atoms with Crippen LogP contribution in [-0.4, -0.2) is 60.4 Å². The SMILES string of the molecule is Cc1ccc(C(=O)N2CCCC2C(=O)N2CCNCC2)o1. The van der Waals surface area contributed by atoms with Gasteiger partial charge in [0.25, 0.3) is 5.91 Å². The molecule has 3 heterocycles. The summed E-state index contributed by atoms with van der Waals surface area (Å²) in [6, 6.07) is 3.12. The second-order valence-electron chi connectivity index (χ2n) is 5.64. The normalized spacial score (nSPS) is 22.6. The number of piperazine rings is 1. The summed E-state index contributed by atoms with van der Waals surface area (Å²) in [5, 5.41) is 3.23. The number of nitrogens with one attached hydrogen (secondary N) is 1. The van der Waals surface area contributed by atoms with Gasteiger partial charge < -0.3 is 19.5 Å². The summed E-state index contributed by atoms with van der Waals surface area (Å²) in [5.74, 6) is 0.940. The Hall–Kier alpha value is -1.82. The van der Waals surface area contributed by atoms with Gasteiger partial charge in [-0.05, 0) is 31.9 Å². The first-order valence-corrected chi connectivity index (χ1v) is 7.54. The van der Waals surface area contributed by atoms with E-state index in [0.29, 0.717) is 18.1 Å². The molecule has 1 aromatic rings. The molecule has 2 aliphatic rings. The Labute approximate surface area is 124 Å². The molecule has 2 amide bonds. The van der Waals surface area contributed by atoms with Gasteiger partial charge in [0.05, 0.1) is 0 Å². The first kappa shape index (κ1) is 14.1. The van der Waals surface area contributed by atoms with Gasteiger partial charge in [-0.25, -0.2) is 0 Å². The molecule has 1 unspecified atom stereocenters. The fourth-order valence-corrected chi connectivity index (χ4v) is 3.05. The summed E-state index contributed by atoms with van der Waals surface area (Å²) in [6.45, 7) is 5.52. The molecule has 0 aromatic carbocycles. The molecule has 3 rings (SSSR count). The van der Waals surface area contributed by atoms with Crippen LogP contribution < -0.4 is 5.32 Å². The van der Waals surface area contributed by atoms with E-state index >= 15 is 0 Å². The largest absolute Gasteiger partial charge is 0.456 e. The van der Waals surface area contributed by atoms with Gasteiger partial charge in [0, 0.05) is 32.7 Å². The van der Waals surface area contributed by atoms with Crippen molar-refractivity contribution >= 4 is 11.8 Å². The average Bonchev–Trinajstić information content (AvgIpc) is 3.15. The molecule has 0 bridgehead atoms. The van der Waals surface area contributed by atoms with Gasteiger partial charge in [-0.1, -0.05) is 0 Å². The van der Waals surface area contributed by atoms with Crippen molar-refractivity contribution in [2.24, 2.45) is 0 Å². The van der Waals surface area contributed by atoms with Crippen LogP contribution >= 0.6 is 0 Å². The van der Waals surface area contributed by atoms with Crippen LogP contribution in [0.25, 0.3) is 0 Å².